The van der Waals surface area contributed by atoms with Gasteiger partial charge in [-0.2, -0.15) is 0 Å². The summed E-state index contributed by atoms with van der Waals surface area (Å²) in [5.74, 6) is -0.818. The molecule has 0 aromatic heterocycles. The molecule has 98 valence electrons. The Morgan fingerprint density at radius 1 is 1.16 bits per heavy atom. The molecule has 2 rings (SSSR count). The first kappa shape index (κ1) is 13.4. The minimum Gasteiger partial charge on any atom is -0.481 e. The van der Waals surface area contributed by atoms with E-state index in [4.69, 9.17) is 16.3 Å². The molecule has 0 heterocycles. The third-order valence-corrected chi connectivity index (χ3v) is 2.58. The number of hydrogen-bond acceptors (Lipinski definition) is 2. The molecular formula is C14H11ClFNO2. The number of nitrogens with one attached hydrogen (secondary N) is 1. The number of carbonyl (C=O) groups excluding carboxylic acids is 1. The molecule has 0 saturated heterocycles. The van der Waals surface area contributed by atoms with E-state index in [0.29, 0.717) is 10.7 Å². The first-order valence-corrected chi connectivity index (χ1v) is 5.96. The van der Waals surface area contributed by atoms with Crippen LogP contribution in [0, 0.1) is 5.82 Å². The molecule has 0 aliphatic heterocycles. The normalized spacial score (nSPS) is 10.0. The van der Waals surface area contributed by atoms with Crippen molar-refractivity contribution >= 4 is 23.2 Å². The number of ether oxygens (including phenoxy) is 1. The molecule has 0 atom stereocenters. The highest BCUT2D eigenvalue weighted by molar-refractivity contribution is 6.30. The molecule has 3 nitrogen and oxygen atoms in total. The molecule has 0 aliphatic carbocycles. The van der Waals surface area contributed by atoms with Crippen molar-refractivity contribution in [2.45, 2.75) is 0 Å². The second kappa shape index (κ2) is 6.20. The molecule has 0 spiro atoms. The highest BCUT2D eigenvalue weighted by atomic mass is 35.5. The van der Waals surface area contributed by atoms with E-state index in [-0.39, 0.29) is 18.3 Å². The van der Waals surface area contributed by atoms with Crippen molar-refractivity contribution in [3.8, 4) is 5.75 Å². The van der Waals surface area contributed by atoms with E-state index >= 15 is 0 Å². The minimum atomic E-state index is -0.498. The zero-order chi connectivity index (χ0) is 13.7. The molecule has 0 bridgehead atoms. The Kier molecular flexibility index (Phi) is 4.36. The number of rotatable bonds is 4. The molecule has 0 saturated carbocycles. The van der Waals surface area contributed by atoms with Gasteiger partial charge in [0.1, 0.15) is 0 Å². The van der Waals surface area contributed by atoms with Crippen LogP contribution in [0.3, 0.4) is 0 Å². The molecule has 0 unspecified atom stereocenters. The highest BCUT2D eigenvalue weighted by Crippen LogP contribution is 2.16. The van der Waals surface area contributed by atoms with Gasteiger partial charge in [-0.05, 0) is 36.4 Å². The average molecular weight is 280 g/mol. The number of carbonyl (C=O) groups is 1. The summed E-state index contributed by atoms with van der Waals surface area (Å²) < 4.78 is 18.3. The quantitative estimate of drug-likeness (QED) is 0.930. The van der Waals surface area contributed by atoms with Crippen LogP contribution < -0.4 is 10.1 Å². The van der Waals surface area contributed by atoms with Gasteiger partial charge in [0, 0.05) is 10.7 Å². The van der Waals surface area contributed by atoms with Gasteiger partial charge in [-0.3, -0.25) is 4.79 Å². The monoisotopic (exact) mass is 279 g/mol. The van der Waals surface area contributed by atoms with Crippen molar-refractivity contribution in [1.82, 2.24) is 0 Å². The Hall–Kier alpha value is -2.07. The molecule has 2 aromatic rings. The first-order valence-electron chi connectivity index (χ1n) is 5.58. The summed E-state index contributed by atoms with van der Waals surface area (Å²) in [6, 6.07) is 12.6. The summed E-state index contributed by atoms with van der Waals surface area (Å²) in [6.45, 7) is -0.260. The van der Waals surface area contributed by atoms with Crippen LogP contribution in [0.15, 0.2) is 48.5 Å². The fourth-order valence-corrected chi connectivity index (χ4v) is 1.56. The van der Waals surface area contributed by atoms with Crippen molar-refractivity contribution in [2.75, 3.05) is 11.9 Å². The van der Waals surface area contributed by atoms with Gasteiger partial charge in [0.15, 0.2) is 18.2 Å². The molecule has 0 aliphatic rings. The maximum absolute atomic E-state index is 13.2. The number of amides is 1. The summed E-state index contributed by atoms with van der Waals surface area (Å²) in [5, 5.41) is 3.20. The second-order valence-corrected chi connectivity index (χ2v) is 4.21. The number of benzene rings is 2. The minimum absolute atomic E-state index is 0.0498. The maximum atomic E-state index is 13.2. The fourth-order valence-electron chi connectivity index (χ4n) is 1.44. The van der Waals surface area contributed by atoms with E-state index in [9.17, 15) is 9.18 Å². The van der Waals surface area contributed by atoms with E-state index < -0.39 is 5.82 Å². The van der Waals surface area contributed by atoms with Gasteiger partial charge in [-0.25, -0.2) is 4.39 Å². The van der Waals surface area contributed by atoms with Gasteiger partial charge < -0.3 is 10.1 Å². The standard InChI is InChI=1S/C14H11ClFNO2/c15-10-5-7-11(8-6-10)17-14(18)9-19-13-4-2-1-3-12(13)16/h1-8H,9H2,(H,17,18). The van der Waals surface area contributed by atoms with Gasteiger partial charge in [0.2, 0.25) is 0 Å². The molecular weight excluding hydrogens is 269 g/mol. The van der Waals surface area contributed by atoms with Gasteiger partial charge in [-0.1, -0.05) is 23.7 Å². The van der Waals surface area contributed by atoms with Crippen LogP contribution in [-0.2, 0) is 4.79 Å². The summed E-state index contributed by atoms with van der Waals surface area (Å²) >= 11 is 5.73. The van der Waals surface area contributed by atoms with E-state index in [1.807, 2.05) is 0 Å². The van der Waals surface area contributed by atoms with Gasteiger partial charge in [0.25, 0.3) is 5.91 Å². The van der Waals surface area contributed by atoms with E-state index in [0.717, 1.165) is 0 Å². The Bertz CT molecular complexity index is 572. The molecule has 2 aromatic carbocycles. The lowest BCUT2D eigenvalue weighted by molar-refractivity contribution is -0.118. The average Bonchev–Trinajstić information content (AvgIpc) is 2.40. The molecule has 1 amide bonds. The molecule has 5 heteroatoms. The predicted octanol–water partition coefficient (Wildman–Crippen LogP) is 3.50. The number of hydrogen-bond donors (Lipinski definition) is 1. The number of anilines is 1. The third kappa shape index (κ3) is 3.96. The van der Waals surface area contributed by atoms with Crippen molar-refractivity contribution < 1.29 is 13.9 Å². The van der Waals surface area contributed by atoms with Gasteiger partial charge >= 0.3 is 0 Å². The topological polar surface area (TPSA) is 38.3 Å². The zero-order valence-corrected chi connectivity index (χ0v) is 10.7. The van der Waals surface area contributed by atoms with E-state index in [2.05, 4.69) is 5.32 Å². The van der Waals surface area contributed by atoms with Crippen LogP contribution >= 0.6 is 11.6 Å². The van der Waals surface area contributed by atoms with Crippen molar-refractivity contribution in [2.24, 2.45) is 0 Å². The Morgan fingerprint density at radius 3 is 2.53 bits per heavy atom. The van der Waals surface area contributed by atoms with Crippen molar-refractivity contribution in [3.63, 3.8) is 0 Å². The lowest BCUT2D eigenvalue weighted by Crippen LogP contribution is -2.20. The maximum Gasteiger partial charge on any atom is 0.262 e. The highest BCUT2D eigenvalue weighted by Gasteiger charge is 2.06. The van der Waals surface area contributed by atoms with Crippen LogP contribution in [0.25, 0.3) is 0 Å². The Balaban J connectivity index is 1.88. The molecule has 1 N–H and O–H groups in total. The SMILES string of the molecule is O=C(COc1ccccc1F)Nc1ccc(Cl)cc1. The van der Waals surface area contributed by atoms with E-state index in [1.165, 1.54) is 12.1 Å². The summed E-state index contributed by atoms with van der Waals surface area (Å²) in [6.07, 6.45) is 0. The van der Waals surface area contributed by atoms with Crippen molar-refractivity contribution in [1.29, 1.82) is 0 Å². The largest absolute Gasteiger partial charge is 0.481 e. The van der Waals surface area contributed by atoms with Crippen LogP contribution in [0.2, 0.25) is 5.02 Å². The summed E-state index contributed by atoms with van der Waals surface area (Å²) in [5.41, 5.74) is 0.603. The fraction of sp³-hybridized carbons (Fsp3) is 0.0714. The third-order valence-electron chi connectivity index (χ3n) is 2.32. The number of halogens is 2. The summed E-state index contributed by atoms with van der Waals surface area (Å²) in [7, 11) is 0. The number of para-hydroxylation sites is 1. The Morgan fingerprint density at radius 2 is 1.84 bits per heavy atom. The summed E-state index contributed by atoms with van der Waals surface area (Å²) in [4.78, 5) is 11.6. The predicted molar refractivity (Wildman–Crippen MR) is 72.0 cm³/mol. The van der Waals surface area contributed by atoms with Crippen molar-refractivity contribution in [3.05, 3.63) is 59.4 Å². The second-order valence-electron chi connectivity index (χ2n) is 3.77. The molecule has 0 radical (unpaired) electrons. The van der Waals surface area contributed by atoms with Gasteiger partial charge in [-0.15, -0.1) is 0 Å². The zero-order valence-electron chi connectivity index (χ0n) is 9.90. The lowest BCUT2D eigenvalue weighted by Gasteiger charge is -2.08. The lowest BCUT2D eigenvalue weighted by atomic mass is 10.3. The van der Waals surface area contributed by atoms with Crippen LogP contribution in [0.1, 0.15) is 0 Å². The Labute approximate surface area is 115 Å². The van der Waals surface area contributed by atoms with Crippen LogP contribution in [0.5, 0.6) is 5.75 Å². The van der Waals surface area contributed by atoms with Crippen LogP contribution in [-0.4, -0.2) is 12.5 Å². The molecule has 0 fully saturated rings. The van der Waals surface area contributed by atoms with Gasteiger partial charge in [0.05, 0.1) is 0 Å². The van der Waals surface area contributed by atoms with E-state index in [1.54, 1.807) is 36.4 Å². The molecule has 19 heavy (non-hydrogen) atoms. The smallest absolute Gasteiger partial charge is 0.262 e. The first-order chi connectivity index (χ1) is 9.15. The van der Waals surface area contributed by atoms with Crippen LogP contribution in [0.4, 0.5) is 10.1 Å².